The predicted octanol–water partition coefficient (Wildman–Crippen LogP) is 5.09. The molecule has 5 rings (SSSR count). The van der Waals surface area contributed by atoms with Crippen LogP contribution in [0.5, 0.6) is 0 Å². The fourth-order valence-electron chi connectivity index (χ4n) is 9.85. The number of fused-ring (bicyclic) bond motifs is 3. The highest BCUT2D eigenvalue weighted by Crippen LogP contribution is 2.52. The van der Waals surface area contributed by atoms with Gasteiger partial charge in [0.2, 0.25) is 23.6 Å². The van der Waals surface area contributed by atoms with Gasteiger partial charge in [-0.05, 0) is 53.4 Å². The molecule has 59 heavy (non-hydrogen) atoms. The number of aliphatic carboxylic acids is 1. The number of likely N-dealkylation sites (N-methyl/N-ethyl adjacent to an activating group) is 4. The molecule has 322 valence electrons. The van der Waals surface area contributed by atoms with E-state index in [2.05, 4.69) is 12.1 Å². The maximum Gasteiger partial charge on any atom is 0.410 e. The molecule has 2 aromatic carbocycles. The molecule has 2 fully saturated rings. The first-order chi connectivity index (χ1) is 27.8. The summed E-state index contributed by atoms with van der Waals surface area (Å²) in [4.78, 5) is 90.2. The van der Waals surface area contributed by atoms with Gasteiger partial charge in [-0.25, -0.2) is 4.79 Å². The number of hydrogen-bond acceptors (Lipinski definition) is 8. The van der Waals surface area contributed by atoms with Gasteiger partial charge in [-0.15, -0.1) is 0 Å². The lowest BCUT2D eigenvalue weighted by Crippen LogP contribution is -2.71. The van der Waals surface area contributed by atoms with Crippen molar-refractivity contribution in [1.82, 2.24) is 24.5 Å². The summed E-state index contributed by atoms with van der Waals surface area (Å²) in [6.07, 6.45) is 0.196. The number of ether oxygens (including phenoxy) is 2. The van der Waals surface area contributed by atoms with E-state index < -0.39 is 71.9 Å². The van der Waals surface area contributed by atoms with E-state index >= 15 is 4.79 Å². The van der Waals surface area contributed by atoms with Crippen LogP contribution >= 0.6 is 0 Å². The van der Waals surface area contributed by atoms with Crippen LogP contribution in [-0.2, 0) is 33.4 Å². The second kappa shape index (κ2) is 18.1. The summed E-state index contributed by atoms with van der Waals surface area (Å²) in [5.74, 6) is -3.73. The minimum absolute atomic E-state index is 0.0775. The molecular formula is C45H63N5O9. The van der Waals surface area contributed by atoms with Crippen LogP contribution in [0.25, 0.3) is 11.1 Å². The number of carboxylic acids is 1. The average Bonchev–Trinajstić information content (AvgIpc) is 3.77. The van der Waals surface area contributed by atoms with Gasteiger partial charge in [-0.2, -0.15) is 0 Å². The van der Waals surface area contributed by atoms with Crippen LogP contribution in [0.1, 0.15) is 90.2 Å². The van der Waals surface area contributed by atoms with Crippen LogP contribution in [0, 0.1) is 11.3 Å². The van der Waals surface area contributed by atoms with Crippen molar-refractivity contribution in [3.05, 3.63) is 59.7 Å². The Balaban J connectivity index is 1.42. The van der Waals surface area contributed by atoms with Gasteiger partial charge in [-0.1, -0.05) is 89.1 Å². The van der Waals surface area contributed by atoms with Crippen LogP contribution in [-0.4, -0.2) is 150 Å². The first-order valence-electron chi connectivity index (χ1n) is 20.8. The maximum absolute atomic E-state index is 15.1. The van der Waals surface area contributed by atoms with Crippen molar-refractivity contribution in [2.24, 2.45) is 11.3 Å². The van der Waals surface area contributed by atoms with Gasteiger partial charge in [0, 0.05) is 54.2 Å². The number of amides is 5. The summed E-state index contributed by atoms with van der Waals surface area (Å²) in [6, 6.07) is 12.8. The quantitative estimate of drug-likeness (QED) is 0.244. The number of likely N-dealkylation sites (tertiary alicyclic amines) is 1. The molecule has 2 aliphatic carbocycles. The second-order valence-corrected chi connectivity index (χ2v) is 17.5. The zero-order valence-corrected chi connectivity index (χ0v) is 36.4. The van der Waals surface area contributed by atoms with E-state index in [9.17, 15) is 29.1 Å². The SMILES string of the molecule is CCO[C@@H]1C[C@@H](C(=O)N(C)C2(C(=O)N(C)C(C(=O)N(C)C(CC(=O)O)C(=O)N(C)C)C(CC)CC)CC(C)(C)C2)N(C(=O)OCC2c3ccccc3-c3ccccc32)C1. The van der Waals surface area contributed by atoms with E-state index in [0.717, 1.165) is 27.2 Å². The third-order valence-corrected chi connectivity index (χ3v) is 12.8. The van der Waals surface area contributed by atoms with Crippen LogP contribution in [0.15, 0.2) is 48.5 Å². The Labute approximate surface area is 348 Å². The Kier molecular flexibility index (Phi) is 13.8. The Morgan fingerprint density at radius 3 is 1.88 bits per heavy atom. The molecule has 5 amide bonds. The second-order valence-electron chi connectivity index (χ2n) is 17.5. The van der Waals surface area contributed by atoms with Crippen molar-refractivity contribution >= 4 is 35.7 Å². The lowest BCUT2D eigenvalue weighted by molar-refractivity contribution is -0.174. The first kappa shape index (κ1) is 45.1. The Bertz CT molecular complexity index is 1860. The van der Waals surface area contributed by atoms with Gasteiger partial charge in [0.25, 0.3) is 0 Å². The Morgan fingerprint density at radius 1 is 0.831 bits per heavy atom. The monoisotopic (exact) mass is 817 g/mol. The molecule has 2 unspecified atom stereocenters. The van der Waals surface area contributed by atoms with Crippen molar-refractivity contribution in [2.45, 2.75) is 109 Å². The number of hydrogen-bond donors (Lipinski definition) is 1. The molecule has 2 aromatic rings. The van der Waals surface area contributed by atoms with E-state index in [1.807, 2.05) is 71.0 Å². The van der Waals surface area contributed by atoms with Gasteiger partial charge >= 0.3 is 12.1 Å². The van der Waals surface area contributed by atoms with Crippen LogP contribution in [0.4, 0.5) is 4.79 Å². The van der Waals surface area contributed by atoms with Crippen molar-refractivity contribution in [3.8, 4) is 11.1 Å². The van der Waals surface area contributed by atoms with Crippen molar-refractivity contribution in [2.75, 3.05) is 55.0 Å². The summed E-state index contributed by atoms with van der Waals surface area (Å²) in [6.45, 7) is 10.3. The molecule has 1 aliphatic heterocycles. The van der Waals surface area contributed by atoms with Gasteiger partial charge in [0.05, 0.1) is 19.1 Å². The minimum Gasteiger partial charge on any atom is -0.481 e. The van der Waals surface area contributed by atoms with Gasteiger partial charge in [-0.3, -0.25) is 28.9 Å². The molecule has 0 spiro atoms. The van der Waals surface area contributed by atoms with Crippen LogP contribution < -0.4 is 0 Å². The first-order valence-corrected chi connectivity index (χ1v) is 20.8. The normalized spacial score (nSPS) is 19.8. The average molecular weight is 818 g/mol. The molecule has 14 heteroatoms. The molecule has 3 aliphatic rings. The number of rotatable bonds is 16. The number of nitrogens with zero attached hydrogens (tertiary/aromatic N) is 5. The number of carbonyl (C=O) groups excluding carboxylic acids is 5. The number of carboxylic acid groups (broad SMARTS) is 1. The summed E-state index contributed by atoms with van der Waals surface area (Å²) >= 11 is 0. The maximum atomic E-state index is 15.1. The highest BCUT2D eigenvalue weighted by Gasteiger charge is 2.61. The van der Waals surface area contributed by atoms with E-state index in [0.29, 0.717) is 32.3 Å². The molecule has 1 saturated carbocycles. The fourth-order valence-corrected chi connectivity index (χ4v) is 9.85. The molecule has 4 atom stereocenters. The predicted molar refractivity (Wildman–Crippen MR) is 222 cm³/mol. The van der Waals surface area contributed by atoms with Crippen molar-refractivity contribution < 1.29 is 43.3 Å². The smallest absolute Gasteiger partial charge is 0.410 e. The van der Waals surface area contributed by atoms with E-state index in [1.165, 1.54) is 40.7 Å². The van der Waals surface area contributed by atoms with E-state index in [-0.39, 0.29) is 36.8 Å². The summed E-state index contributed by atoms with van der Waals surface area (Å²) < 4.78 is 12.0. The molecular weight excluding hydrogens is 755 g/mol. The molecule has 1 saturated heterocycles. The number of carbonyl (C=O) groups is 6. The topological polar surface area (TPSA) is 157 Å². The largest absolute Gasteiger partial charge is 0.481 e. The van der Waals surface area contributed by atoms with Crippen molar-refractivity contribution in [1.29, 1.82) is 0 Å². The Morgan fingerprint density at radius 2 is 1.39 bits per heavy atom. The van der Waals surface area contributed by atoms with Gasteiger partial charge in [0.1, 0.15) is 30.3 Å². The highest BCUT2D eigenvalue weighted by atomic mass is 16.6. The fraction of sp³-hybridized carbons (Fsp3) is 0.600. The zero-order chi connectivity index (χ0) is 43.6. The lowest BCUT2D eigenvalue weighted by atomic mass is 9.57. The number of benzene rings is 2. The van der Waals surface area contributed by atoms with E-state index in [1.54, 1.807) is 14.1 Å². The van der Waals surface area contributed by atoms with Crippen LogP contribution in [0.3, 0.4) is 0 Å². The third kappa shape index (κ3) is 8.83. The highest BCUT2D eigenvalue weighted by molar-refractivity contribution is 5.98. The molecule has 0 radical (unpaired) electrons. The summed E-state index contributed by atoms with van der Waals surface area (Å²) in [7, 11) is 7.52. The third-order valence-electron chi connectivity index (χ3n) is 12.8. The van der Waals surface area contributed by atoms with Crippen molar-refractivity contribution in [3.63, 3.8) is 0 Å². The van der Waals surface area contributed by atoms with Crippen LogP contribution in [0.2, 0.25) is 0 Å². The molecule has 0 aromatic heterocycles. The lowest BCUT2D eigenvalue weighted by Gasteiger charge is -2.58. The minimum atomic E-state index is -1.35. The molecule has 14 nitrogen and oxygen atoms in total. The van der Waals surface area contributed by atoms with Gasteiger partial charge < -0.3 is 34.2 Å². The molecule has 1 N–H and O–H groups in total. The summed E-state index contributed by atoms with van der Waals surface area (Å²) in [5, 5.41) is 9.68. The summed E-state index contributed by atoms with van der Waals surface area (Å²) in [5.41, 5.74) is 2.66. The molecule has 0 bridgehead atoms. The van der Waals surface area contributed by atoms with Gasteiger partial charge in [0.15, 0.2) is 0 Å². The standard InChI is InChI=1S/C45H63N5O9/c1-11-28(12-2)38(41(55)47(8)35(23-37(51)52)39(53)46(6)7)48(9)42(56)45(26-44(4,5)27-45)49(10)40(54)36-22-29(58-13-3)24-50(36)43(57)59-25-34-32-20-16-14-18-30(32)31-19-15-17-21-33(31)34/h14-21,28-29,34-36,38H,11-13,22-27H2,1-10H3,(H,51,52)/t29-,35?,36+,38?/m1/s1. The zero-order valence-electron chi connectivity index (χ0n) is 36.4. The van der Waals surface area contributed by atoms with E-state index in [4.69, 9.17) is 9.47 Å². The Hall–Kier alpha value is -4.98. The molecule has 1 heterocycles.